The van der Waals surface area contributed by atoms with Gasteiger partial charge in [0.15, 0.2) is 0 Å². The standard InChI is InChI=1S/C9H13NO2.C2H2O4/c1-9(2,3)12-8(11)10-6-4-5-7-10;3-1(4)2(5)6/h4-7H,1-3H3;(H,3,4)(H,5,6). The predicted octanol–water partition coefficient (Wildman–Crippen LogP) is 1.43. The molecule has 0 bridgehead atoms. The van der Waals surface area contributed by atoms with Gasteiger partial charge in [-0.3, -0.25) is 4.57 Å². The minimum absolute atomic E-state index is 0.340. The number of carboxylic acid groups (broad SMARTS) is 2. The average Bonchev–Trinajstić information content (AvgIpc) is 2.68. The van der Waals surface area contributed by atoms with Crippen molar-refractivity contribution in [1.29, 1.82) is 0 Å². The lowest BCUT2D eigenvalue weighted by Crippen LogP contribution is -2.26. The molecule has 0 atom stereocenters. The Labute approximate surface area is 104 Å². The molecule has 1 aromatic heterocycles. The van der Waals surface area contributed by atoms with E-state index in [-0.39, 0.29) is 6.09 Å². The van der Waals surface area contributed by atoms with E-state index in [0.717, 1.165) is 0 Å². The maximum absolute atomic E-state index is 11.3. The van der Waals surface area contributed by atoms with Crippen molar-refractivity contribution in [3.8, 4) is 0 Å². The highest BCUT2D eigenvalue weighted by Gasteiger charge is 2.16. The third-order valence-electron chi connectivity index (χ3n) is 1.39. The molecule has 0 spiro atoms. The van der Waals surface area contributed by atoms with Crippen LogP contribution in [0, 0.1) is 0 Å². The first kappa shape index (κ1) is 15.7. The van der Waals surface area contributed by atoms with Crippen LogP contribution in [-0.4, -0.2) is 38.4 Å². The van der Waals surface area contributed by atoms with Crippen LogP contribution in [0.15, 0.2) is 24.5 Å². The van der Waals surface area contributed by atoms with Crippen molar-refractivity contribution in [2.45, 2.75) is 26.4 Å². The fourth-order valence-electron chi connectivity index (χ4n) is 0.771. The lowest BCUT2D eigenvalue weighted by Gasteiger charge is -2.19. The van der Waals surface area contributed by atoms with Gasteiger partial charge in [0.2, 0.25) is 0 Å². The molecule has 1 heterocycles. The summed E-state index contributed by atoms with van der Waals surface area (Å²) in [6, 6.07) is 3.56. The van der Waals surface area contributed by atoms with Crippen LogP contribution in [-0.2, 0) is 14.3 Å². The SMILES string of the molecule is CC(C)(C)OC(=O)n1cccc1.O=C(O)C(=O)O. The van der Waals surface area contributed by atoms with E-state index in [2.05, 4.69) is 0 Å². The molecular weight excluding hydrogens is 242 g/mol. The molecular formula is C11H15NO6. The van der Waals surface area contributed by atoms with Gasteiger partial charge in [0.25, 0.3) is 0 Å². The fourth-order valence-corrected chi connectivity index (χ4v) is 0.771. The Bertz CT molecular complexity index is 403. The number of carboxylic acids is 2. The van der Waals surface area contributed by atoms with Crippen LogP contribution in [0.3, 0.4) is 0 Å². The van der Waals surface area contributed by atoms with Crippen molar-refractivity contribution < 1.29 is 29.3 Å². The summed E-state index contributed by atoms with van der Waals surface area (Å²) in [5, 5.41) is 14.8. The second-order valence-corrected chi connectivity index (χ2v) is 4.18. The van der Waals surface area contributed by atoms with E-state index in [1.54, 1.807) is 24.5 Å². The summed E-state index contributed by atoms with van der Waals surface area (Å²) in [7, 11) is 0. The van der Waals surface area contributed by atoms with Gasteiger partial charge in [0, 0.05) is 12.4 Å². The van der Waals surface area contributed by atoms with Crippen molar-refractivity contribution >= 4 is 18.0 Å². The van der Waals surface area contributed by atoms with Crippen LogP contribution in [0.5, 0.6) is 0 Å². The van der Waals surface area contributed by atoms with Gasteiger partial charge in [-0.25, -0.2) is 14.4 Å². The number of hydrogen-bond acceptors (Lipinski definition) is 4. The van der Waals surface area contributed by atoms with E-state index < -0.39 is 17.5 Å². The van der Waals surface area contributed by atoms with E-state index >= 15 is 0 Å². The summed E-state index contributed by atoms with van der Waals surface area (Å²) in [4.78, 5) is 29.5. The number of nitrogens with zero attached hydrogens (tertiary/aromatic N) is 1. The zero-order valence-corrected chi connectivity index (χ0v) is 10.3. The zero-order valence-electron chi connectivity index (χ0n) is 10.3. The molecule has 7 heteroatoms. The molecule has 7 nitrogen and oxygen atoms in total. The molecule has 0 aromatic carbocycles. The Hall–Kier alpha value is -2.31. The molecule has 0 amide bonds. The molecule has 0 aliphatic heterocycles. The van der Waals surface area contributed by atoms with Crippen LogP contribution in [0.25, 0.3) is 0 Å². The van der Waals surface area contributed by atoms with Crippen LogP contribution < -0.4 is 0 Å². The summed E-state index contributed by atoms with van der Waals surface area (Å²) in [6.07, 6.45) is 2.98. The molecule has 0 saturated carbocycles. The number of aromatic nitrogens is 1. The highest BCUT2D eigenvalue weighted by Crippen LogP contribution is 2.08. The first-order valence-electron chi connectivity index (χ1n) is 4.96. The molecule has 100 valence electrons. The van der Waals surface area contributed by atoms with E-state index in [1.807, 2.05) is 20.8 Å². The van der Waals surface area contributed by atoms with Gasteiger partial charge >= 0.3 is 18.0 Å². The van der Waals surface area contributed by atoms with Crippen LogP contribution in [0.2, 0.25) is 0 Å². The zero-order chi connectivity index (χ0) is 14.3. The third-order valence-corrected chi connectivity index (χ3v) is 1.39. The summed E-state index contributed by atoms with van der Waals surface area (Å²) < 4.78 is 6.51. The van der Waals surface area contributed by atoms with E-state index in [0.29, 0.717) is 0 Å². The average molecular weight is 257 g/mol. The summed E-state index contributed by atoms with van der Waals surface area (Å²) >= 11 is 0. The van der Waals surface area contributed by atoms with Crippen molar-refractivity contribution in [3.05, 3.63) is 24.5 Å². The second kappa shape index (κ2) is 6.43. The van der Waals surface area contributed by atoms with Crippen molar-refractivity contribution in [2.24, 2.45) is 0 Å². The molecule has 1 aromatic rings. The summed E-state index contributed by atoms with van der Waals surface area (Å²) in [5.74, 6) is -3.65. The van der Waals surface area contributed by atoms with Gasteiger partial charge in [-0.15, -0.1) is 0 Å². The van der Waals surface area contributed by atoms with Crippen LogP contribution in [0.1, 0.15) is 20.8 Å². The highest BCUT2D eigenvalue weighted by molar-refractivity contribution is 6.27. The number of hydrogen-bond donors (Lipinski definition) is 2. The Kier molecular flexibility index (Phi) is 5.61. The maximum Gasteiger partial charge on any atom is 0.418 e. The topological polar surface area (TPSA) is 106 Å². The molecule has 0 aliphatic carbocycles. The maximum atomic E-state index is 11.3. The Morgan fingerprint density at radius 2 is 1.39 bits per heavy atom. The Balaban J connectivity index is 0.000000411. The minimum Gasteiger partial charge on any atom is -0.473 e. The predicted molar refractivity (Wildman–Crippen MR) is 61.3 cm³/mol. The number of carbonyl (C=O) groups is 3. The van der Waals surface area contributed by atoms with E-state index in [4.69, 9.17) is 24.5 Å². The Morgan fingerprint density at radius 3 is 1.67 bits per heavy atom. The number of ether oxygens (including phenoxy) is 1. The highest BCUT2D eigenvalue weighted by atomic mass is 16.6. The molecule has 0 radical (unpaired) electrons. The first-order valence-corrected chi connectivity index (χ1v) is 4.96. The molecule has 0 saturated heterocycles. The van der Waals surface area contributed by atoms with E-state index in [1.165, 1.54) is 4.57 Å². The van der Waals surface area contributed by atoms with Crippen molar-refractivity contribution in [3.63, 3.8) is 0 Å². The van der Waals surface area contributed by atoms with Gasteiger partial charge in [0.1, 0.15) is 5.60 Å². The monoisotopic (exact) mass is 257 g/mol. The van der Waals surface area contributed by atoms with Crippen molar-refractivity contribution in [2.75, 3.05) is 0 Å². The molecule has 18 heavy (non-hydrogen) atoms. The second-order valence-electron chi connectivity index (χ2n) is 4.18. The smallest absolute Gasteiger partial charge is 0.418 e. The normalized spacial score (nSPS) is 9.94. The van der Waals surface area contributed by atoms with E-state index in [9.17, 15) is 4.79 Å². The van der Waals surface area contributed by atoms with Crippen LogP contribution >= 0.6 is 0 Å². The quantitative estimate of drug-likeness (QED) is 0.681. The molecule has 0 aliphatic rings. The lowest BCUT2D eigenvalue weighted by molar-refractivity contribution is -0.159. The first-order chi connectivity index (χ1) is 8.13. The van der Waals surface area contributed by atoms with Gasteiger partial charge in [-0.05, 0) is 32.9 Å². The minimum atomic E-state index is -1.82. The Morgan fingerprint density at radius 1 is 1.00 bits per heavy atom. The van der Waals surface area contributed by atoms with Gasteiger partial charge in [0.05, 0.1) is 0 Å². The molecule has 0 unspecified atom stereocenters. The summed E-state index contributed by atoms with van der Waals surface area (Å²) in [6.45, 7) is 5.52. The number of rotatable bonds is 0. The molecule has 0 fully saturated rings. The van der Waals surface area contributed by atoms with Gasteiger partial charge in [-0.2, -0.15) is 0 Å². The molecule has 1 rings (SSSR count). The van der Waals surface area contributed by atoms with Crippen LogP contribution in [0.4, 0.5) is 4.79 Å². The van der Waals surface area contributed by atoms with Gasteiger partial charge in [-0.1, -0.05) is 0 Å². The number of carbonyl (C=O) groups excluding carboxylic acids is 1. The number of aliphatic carboxylic acids is 2. The van der Waals surface area contributed by atoms with Crippen molar-refractivity contribution in [1.82, 2.24) is 4.57 Å². The van der Waals surface area contributed by atoms with Gasteiger partial charge < -0.3 is 14.9 Å². The third kappa shape index (κ3) is 7.04. The largest absolute Gasteiger partial charge is 0.473 e. The summed E-state index contributed by atoms with van der Waals surface area (Å²) in [5.41, 5.74) is -0.429. The fraction of sp³-hybridized carbons (Fsp3) is 0.364. The lowest BCUT2D eigenvalue weighted by atomic mass is 10.2. The molecule has 2 N–H and O–H groups in total.